The van der Waals surface area contributed by atoms with Crippen molar-refractivity contribution in [3.05, 3.63) is 59.2 Å². The largest absolute Gasteiger partial charge is 0.397 e. The van der Waals surface area contributed by atoms with Crippen LogP contribution < -0.4 is 11.1 Å². The lowest BCUT2D eigenvalue weighted by Crippen LogP contribution is -2.07. The van der Waals surface area contributed by atoms with E-state index in [4.69, 9.17) is 11.0 Å². The molecule has 2 aromatic rings. The number of benzene rings is 2. The van der Waals surface area contributed by atoms with Crippen LogP contribution in [0.5, 0.6) is 0 Å². The van der Waals surface area contributed by atoms with Gasteiger partial charge in [-0.15, -0.1) is 0 Å². The molecule has 0 fully saturated rings. The molecule has 20 heavy (non-hydrogen) atoms. The second kappa shape index (κ2) is 6.02. The van der Waals surface area contributed by atoms with E-state index in [-0.39, 0.29) is 0 Å². The van der Waals surface area contributed by atoms with Gasteiger partial charge in [0.1, 0.15) is 11.6 Å². The quantitative estimate of drug-likeness (QED) is 0.841. The van der Waals surface area contributed by atoms with Gasteiger partial charge >= 0.3 is 0 Å². The van der Waals surface area contributed by atoms with Crippen molar-refractivity contribution in [1.82, 2.24) is 0 Å². The number of hydrogen-bond acceptors (Lipinski definition) is 3. The molecule has 2 rings (SSSR count). The lowest BCUT2D eigenvalue weighted by molar-refractivity contribution is 0.580. The molecule has 5 heteroatoms. The standard InChI is InChI=1S/C15H13F2N3/c16-12-5-10(6-13(17)8-12)3-4-20-15-7-11(9-18)1-2-14(15)19/h1-2,5-8,20H,3-4,19H2. The Hall–Kier alpha value is -2.61. The highest BCUT2D eigenvalue weighted by Crippen LogP contribution is 2.19. The van der Waals surface area contributed by atoms with Gasteiger partial charge in [-0.3, -0.25) is 0 Å². The summed E-state index contributed by atoms with van der Waals surface area (Å²) in [4.78, 5) is 0. The third-order valence-corrected chi connectivity index (χ3v) is 2.83. The molecular weight excluding hydrogens is 260 g/mol. The van der Waals surface area contributed by atoms with Gasteiger partial charge in [0.25, 0.3) is 0 Å². The summed E-state index contributed by atoms with van der Waals surface area (Å²) < 4.78 is 26.0. The van der Waals surface area contributed by atoms with Crippen molar-refractivity contribution in [2.45, 2.75) is 6.42 Å². The Kier molecular flexibility index (Phi) is 4.16. The molecule has 0 atom stereocenters. The molecule has 3 nitrogen and oxygen atoms in total. The van der Waals surface area contributed by atoms with E-state index in [0.29, 0.717) is 35.5 Å². The molecule has 3 N–H and O–H groups in total. The Morgan fingerprint density at radius 2 is 1.80 bits per heavy atom. The third-order valence-electron chi connectivity index (χ3n) is 2.83. The molecule has 0 aliphatic carbocycles. The molecule has 0 aromatic heterocycles. The lowest BCUT2D eigenvalue weighted by atomic mass is 10.1. The fraction of sp³-hybridized carbons (Fsp3) is 0.133. The van der Waals surface area contributed by atoms with Crippen molar-refractivity contribution in [3.8, 4) is 6.07 Å². The molecule has 0 saturated carbocycles. The maximum atomic E-state index is 13.0. The van der Waals surface area contributed by atoms with Gasteiger partial charge in [-0.05, 0) is 42.3 Å². The highest BCUT2D eigenvalue weighted by Gasteiger charge is 2.03. The van der Waals surface area contributed by atoms with Crippen molar-refractivity contribution < 1.29 is 8.78 Å². The van der Waals surface area contributed by atoms with Gasteiger partial charge in [0.2, 0.25) is 0 Å². The zero-order chi connectivity index (χ0) is 14.5. The topological polar surface area (TPSA) is 61.8 Å². The number of halogens is 2. The number of anilines is 2. The average Bonchev–Trinajstić information content (AvgIpc) is 2.40. The average molecular weight is 273 g/mol. The van der Waals surface area contributed by atoms with Crippen LogP contribution in [0.2, 0.25) is 0 Å². The van der Waals surface area contributed by atoms with Gasteiger partial charge in [-0.25, -0.2) is 8.78 Å². The van der Waals surface area contributed by atoms with Crippen LogP contribution in [0.1, 0.15) is 11.1 Å². The molecule has 0 aliphatic rings. The second-order valence-corrected chi connectivity index (χ2v) is 4.37. The van der Waals surface area contributed by atoms with Crippen molar-refractivity contribution in [2.75, 3.05) is 17.6 Å². The highest BCUT2D eigenvalue weighted by molar-refractivity contribution is 5.68. The highest BCUT2D eigenvalue weighted by atomic mass is 19.1. The first-order valence-corrected chi connectivity index (χ1v) is 6.07. The van der Waals surface area contributed by atoms with E-state index < -0.39 is 11.6 Å². The number of hydrogen-bond donors (Lipinski definition) is 2. The number of rotatable bonds is 4. The minimum absolute atomic E-state index is 0.449. The molecule has 0 bridgehead atoms. The summed E-state index contributed by atoms with van der Waals surface area (Å²) in [6.45, 7) is 0.460. The summed E-state index contributed by atoms with van der Waals surface area (Å²) in [7, 11) is 0. The Balaban J connectivity index is 2.01. The van der Waals surface area contributed by atoms with Gasteiger partial charge in [-0.1, -0.05) is 0 Å². The van der Waals surface area contributed by atoms with E-state index in [1.165, 1.54) is 12.1 Å². The van der Waals surface area contributed by atoms with Crippen molar-refractivity contribution in [1.29, 1.82) is 5.26 Å². The maximum absolute atomic E-state index is 13.0. The number of nitrogens with two attached hydrogens (primary N) is 1. The number of nitrogen functional groups attached to an aromatic ring is 1. The monoisotopic (exact) mass is 273 g/mol. The van der Waals surface area contributed by atoms with Crippen molar-refractivity contribution in [3.63, 3.8) is 0 Å². The van der Waals surface area contributed by atoms with E-state index in [1.807, 2.05) is 6.07 Å². The summed E-state index contributed by atoms with van der Waals surface area (Å²) in [5.74, 6) is -1.18. The Morgan fingerprint density at radius 1 is 1.10 bits per heavy atom. The fourth-order valence-electron chi connectivity index (χ4n) is 1.88. The predicted octanol–water partition coefficient (Wildman–Crippen LogP) is 3.07. The van der Waals surface area contributed by atoms with Gasteiger partial charge in [-0.2, -0.15) is 5.26 Å². The SMILES string of the molecule is N#Cc1ccc(N)c(NCCc2cc(F)cc(F)c2)c1. The molecule has 0 unspecified atom stereocenters. The Morgan fingerprint density at radius 3 is 2.45 bits per heavy atom. The number of nitrogens with one attached hydrogen (secondary N) is 1. The zero-order valence-corrected chi connectivity index (χ0v) is 10.7. The molecule has 0 radical (unpaired) electrons. The molecular formula is C15H13F2N3. The smallest absolute Gasteiger partial charge is 0.126 e. The molecule has 0 spiro atoms. The molecule has 0 heterocycles. The summed E-state index contributed by atoms with van der Waals surface area (Å²) >= 11 is 0. The molecule has 0 aliphatic heterocycles. The minimum atomic E-state index is -0.592. The maximum Gasteiger partial charge on any atom is 0.126 e. The lowest BCUT2D eigenvalue weighted by Gasteiger charge is -2.09. The first kappa shape index (κ1) is 13.8. The normalized spacial score (nSPS) is 10.1. The molecule has 2 aromatic carbocycles. The second-order valence-electron chi connectivity index (χ2n) is 4.37. The van der Waals surface area contributed by atoms with Crippen LogP contribution in [0.15, 0.2) is 36.4 Å². The van der Waals surface area contributed by atoms with E-state index >= 15 is 0 Å². The van der Waals surface area contributed by atoms with Gasteiger partial charge in [0.05, 0.1) is 23.0 Å². The summed E-state index contributed by atoms with van der Waals surface area (Å²) in [5, 5.41) is 11.9. The predicted molar refractivity (Wildman–Crippen MR) is 74.1 cm³/mol. The molecule has 102 valence electrons. The third kappa shape index (κ3) is 3.45. The van der Waals surface area contributed by atoms with Crippen LogP contribution >= 0.6 is 0 Å². The zero-order valence-electron chi connectivity index (χ0n) is 10.7. The first-order valence-electron chi connectivity index (χ1n) is 6.07. The Bertz CT molecular complexity index is 642. The van der Waals surface area contributed by atoms with E-state index in [1.54, 1.807) is 18.2 Å². The summed E-state index contributed by atoms with van der Waals surface area (Å²) in [6, 6.07) is 10.4. The van der Waals surface area contributed by atoms with Gasteiger partial charge < -0.3 is 11.1 Å². The van der Waals surface area contributed by atoms with Gasteiger partial charge in [0, 0.05) is 12.6 Å². The summed E-state index contributed by atoms with van der Waals surface area (Å²) in [5.41, 5.74) is 8.00. The van der Waals surface area contributed by atoms with Crippen LogP contribution in [0, 0.1) is 23.0 Å². The van der Waals surface area contributed by atoms with Gasteiger partial charge in [0.15, 0.2) is 0 Å². The van der Waals surface area contributed by atoms with Crippen LogP contribution in [-0.2, 0) is 6.42 Å². The Labute approximate surface area is 115 Å². The van der Waals surface area contributed by atoms with Crippen LogP contribution in [-0.4, -0.2) is 6.54 Å². The summed E-state index contributed by atoms with van der Waals surface area (Å²) in [6.07, 6.45) is 0.449. The number of nitriles is 1. The first-order chi connectivity index (χ1) is 9.58. The fourth-order valence-corrected chi connectivity index (χ4v) is 1.88. The van der Waals surface area contributed by atoms with E-state index in [0.717, 1.165) is 6.07 Å². The minimum Gasteiger partial charge on any atom is -0.397 e. The number of nitrogens with zero attached hydrogens (tertiary/aromatic N) is 1. The van der Waals surface area contributed by atoms with Crippen LogP contribution in [0.25, 0.3) is 0 Å². The molecule has 0 saturated heterocycles. The van der Waals surface area contributed by atoms with E-state index in [9.17, 15) is 8.78 Å². The van der Waals surface area contributed by atoms with Crippen LogP contribution in [0.4, 0.5) is 20.2 Å². The van der Waals surface area contributed by atoms with Crippen LogP contribution in [0.3, 0.4) is 0 Å². The van der Waals surface area contributed by atoms with Crippen molar-refractivity contribution >= 4 is 11.4 Å². The molecule has 0 amide bonds. The van der Waals surface area contributed by atoms with Crippen molar-refractivity contribution in [2.24, 2.45) is 0 Å². The van der Waals surface area contributed by atoms with E-state index in [2.05, 4.69) is 5.32 Å².